The van der Waals surface area contributed by atoms with E-state index in [1.165, 1.54) is 49.8 Å². The van der Waals surface area contributed by atoms with E-state index in [0.717, 1.165) is 24.0 Å². The Morgan fingerprint density at radius 2 is 1.67 bits per heavy atom. The van der Waals surface area contributed by atoms with Crippen LogP contribution < -0.4 is 9.47 Å². The highest BCUT2D eigenvalue weighted by Crippen LogP contribution is 2.43. The van der Waals surface area contributed by atoms with Gasteiger partial charge < -0.3 is 14.4 Å². The number of fused-ring (bicyclic) bond motifs is 1. The van der Waals surface area contributed by atoms with E-state index in [4.69, 9.17) is 9.47 Å². The largest absolute Gasteiger partial charge is 0.493 e. The minimum atomic E-state index is 0.652. The summed E-state index contributed by atoms with van der Waals surface area (Å²) in [6.45, 7) is 2.19. The van der Waals surface area contributed by atoms with Gasteiger partial charge in [0.1, 0.15) is 0 Å². The van der Waals surface area contributed by atoms with Crippen molar-refractivity contribution in [2.45, 2.75) is 44.6 Å². The van der Waals surface area contributed by atoms with Gasteiger partial charge in [-0.1, -0.05) is 19.3 Å². The maximum atomic E-state index is 5.53. The lowest BCUT2D eigenvalue weighted by Crippen LogP contribution is -2.34. The van der Waals surface area contributed by atoms with Gasteiger partial charge in [-0.15, -0.1) is 0 Å². The van der Waals surface area contributed by atoms with Gasteiger partial charge in [-0.3, -0.25) is 0 Å². The second-order valence-corrected chi connectivity index (χ2v) is 6.61. The van der Waals surface area contributed by atoms with Gasteiger partial charge in [-0.2, -0.15) is 0 Å². The van der Waals surface area contributed by atoms with E-state index in [2.05, 4.69) is 24.1 Å². The summed E-state index contributed by atoms with van der Waals surface area (Å²) in [6, 6.07) is 4.42. The van der Waals surface area contributed by atoms with E-state index in [-0.39, 0.29) is 0 Å². The van der Waals surface area contributed by atoms with Crippen molar-refractivity contribution in [3.8, 4) is 11.5 Å². The van der Waals surface area contributed by atoms with Crippen molar-refractivity contribution in [2.24, 2.45) is 5.92 Å². The summed E-state index contributed by atoms with van der Waals surface area (Å²) >= 11 is 0. The molecule has 1 unspecified atom stereocenters. The molecule has 1 heterocycles. The lowest BCUT2D eigenvalue weighted by atomic mass is 9.74. The average molecular weight is 289 g/mol. The Morgan fingerprint density at radius 3 is 2.33 bits per heavy atom. The van der Waals surface area contributed by atoms with Crippen LogP contribution in [0.5, 0.6) is 11.5 Å². The third-order valence-electron chi connectivity index (χ3n) is 5.21. The zero-order valence-corrected chi connectivity index (χ0v) is 13.5. The van der Waals surface area contributed by atoms with Crippen molar-refractivity contribution >= 4 is 0 Å². The Morgan fingerprint density at radius 1 is 1.00 bits per heavy atom. The van der Waals surface area contributed by atoms with Crippen LogP contribution >= 0.6 is 0 Å². The summed E-state index contributed by atoms with van der Waals surface area (Å²) in [7, 11) is 5.68. The molecule has 1 aromatic rings. The molecule has 116 valence electrons. The van der Waals surface area contributed by atoms with Crippen molar-refractivity contribution in [1.82, 2.24) is 4.90 Å². The number of nitrogens with zero attached hydrogens (tertiary/aromatic N) is 1. The minimum Gasteiger partial charge on any atom is -0.493 e. The number of rotatable bonds is 3. The topological polar surface area (TPSA) is 21.7 Å². The summed E-state index contributed by atoms with van der Waals surface area (Å²) in [5.41, 5.74) is 2.91. The summed E-state index contributed by atoms with van der Waals surface area (Å²) in [4.78, 5) is 2.45. The molecule has 0 spiro atoms. The molecule has 1 aromatic carbocycles. The molecule has 1 fully saturated rings. The van der Waals surface area contributed by atoms with E-state index in [9.17, 15) is 0 Å². The zero-order chi connectivity index (χ0) is 14.8. The van der Waals surface area contributed by atoms with Gasteiger partial charge in [0.25, 0.3) is 0 Å². The smallest absolute Gasteiger partial charge is 0.161 e. The van der Waals surface area contributed by atoms with E-state index in [1.54, 1.807) is 14.2 Å². The third kappa shape index (κ3) is 2.89. The standard InChI is InChI=1S/C18H27NO2/c1-19-11-14-9-17(20-2)18(21-3)10-15(14)16(12-19)13-7-5-4-6-8-13/h9-10,13,16H,4-8,11-12H2,1-3H3. The first kappa shape index (κ1) is 14.7. The Balaban J connectivity index is 1.97. The van der Waals surface area contributed by atoms with Crippen LogP contribution in [0, 0.1) is 5.92 Å². The van der Waals surface area contributed by atoms with Crippen LogP contribution in [0.15, 0.2) is 12.1 Å². The summed E-state index contributed by atoms with van der Waals surface area (Å²) in [6.07, 6.45) is 6.97. The lowest BCUT2D eigenvalue weighted by molar-refractivity contribution is 0.208. The zero-order valence-electron chi connectivity index (χ0n) is 13.5. The van der Waals surface area contributed by atoms with E-state index in [1.807, 2.05) is 0 Å². The average Bonchev–Trinajstić information content (AvgIpc) is 2.53. The van der Waals surface area contributed by atoms with Crippen LogP contribution in [0.1, 0.15) is 49.1 Å². The van der Waals surface area contributed by atoms with Gasteiger partial charge in [0.15, 0.2) is 11.5 Å². The quantitative estimate of drug-likeness (QED) is 0.844. The molecule has 1 aliphatic heterocycles. The molecule has 1 aliphatic carbocycles. The van der Waals surface area contributed by atoms with Crippen molar-refractivity contribution in [3.05, 3.63) is 23.3 Å². The highest BCUT2D eigenvalue weighted by Gasteiger charge is 2.32. The normalized spacial score (nSPS) is 23.7. The molecule has 0 saturated heterocycles. The van der Waals surface area contributed by atoms with Crippen LogP contribution in [0.3, 0.4) is 0 Å². The Bertz CT molecular complexity index is 494. The van der Waals surface area contributed by atoms with Gasteiger partial charge in [-0.25, -0.2) is 0 Å². The van der Waals surface area contributed by atoms with E-state index < -0.39 is 0 Å². The molecule has 3 heteroatoms. The monoisotopic (exact) mass is 289 g/mol. The first-order valence-electron chi connectivity index (χ1n) is 8.16. The molecule has 0 aromatic heterocycles. The Kier molecular flexibility index (Phi) is 4.39. The van der Waals surface area contributed by atoms with Crippen molar-refractivity contribution in [2.75, 3.05) is 27.8 Å². The van der Waals surface area contributed by atoms with Crippen LogP contribution in [0.25, 0.3) is 0 Å². The number of likely N-dealkylation sites (N-methyl/N-ethyl adjacent to an activating group) is 1. The molecule has 0 N–H and O–H groups in total. The van der Waals surface area contributed by atoms with Crippen LogP contribution in [0.4, 0.5) is 0 Å². The molecule has 0 radical (unpaired) electrons. The third-order valence-corrected chi connectivity index (χ3v) is 5.21. The molecule has 21 heavy (non-hydrogen) atoms. The van der Waals surface area contributed by atoms with Crippen molar-refractivity contribution in [1.29, 1.82) is 0 Å². The number of benzene rings is 1. The lowest BCUT2D eigenvalue weighted by Gasteiger charge is -2.39. The second-order valence-electron chi connectivity index (χ2n) is 6.61. The molecule has 3 nitrogen and oxygen atoms in total. The van der Waals surface area contributed by atoms with Gasteiger partial charge in [0.05, 0.1) is 14.2 Å². The predicted octanol–water partition coefficient (Wildman–Crippen LogP) is 3.81. The fraction of sp³-hybridized carbons (Fsp3) is 0.667. The molecule has 0 amide bonds. The maximum absolute atomic E-state index is 5.53. The summed E-state index contributed by atoms with van der Waals surface area (Å²) in [5.74, 6) is 3.22. The minimum absolute atomic E-state index is 0.652. The number of hydrogen-bond donors (Lipinski definition) is 0. The SMILES string of the molecule is COc1cc2c(cc1OC)C(C1CCCCC1)CN(C)C2. The van der Waals surface area contributed by atoms with Crippen LogP contribution in [-0.4, -0.2) is 32.7 Å². The van der Waals surface area contributed by atoms with Gasteiger partial charge in [0, 0.05) is 13.1 Å². The molecule has 3 rings (SSSR count). The highest BCUT2D eigenvalue weighted by molar-refractivity contribution is 5.49. The highest BCUT2D eigenvalue weighted by atomic mass is 16.5. The van der Waals surface area contributed by atoms with E-state index in [0.29, 0.717) is 5.92 Å². The number of hydrogen-bond acceptors (Lipinski definition) is 3. The molecule has 2 aliphatic rings. The first-order valence-corrected chi connectivity index (χ1v) is 8.16. The maximum Gasteiger partial charge on any atom is 0.161 e. The predicted molar refractivity (Wildman–Crippen MR) is 85.2 cm³/mol. The first-order chi connectivity index (χ1) is 10.2. The van der Waals surface area contributed by atoms with Crippen LogP contribution in [-0.2, 0) is 6.54 Å². The number of methoxy groups -OCH3 is 2. The van der Waals surface area contributed by atoms with Crippen molar-refractivity contribution in [3.63, 3.8) is 0 Å². The molecular formula is C18H27NO2. The second kappa shape index (κ2) is 6.27. The number of ether oxygens (including phenoxy) is 2. The Hall–Kier alpha value is -1.22. The fourth-order valence-electron chi connectivity index (χ4n) is 4.15. The molecule has 0 bridgehead atoms. The molecule has 1 saturated carbocycles. The molecular weight excluding hydrogens is 262 g/mol. The van der Waals surface area contributed by atoms with Crippen molar-refractivity contribution < 1.29 is 9.47 Å². The molecule has 1 atom stereocenters. The van der Waals surface area contributed by atoms with E-state index >= 15 is 0 Å². The fourth-order valence-corrected chi connectivity index (χ4v) is 4.15. The van der Waals surface area contributed by atoms with Crippen LogP contribution in [0.2, 0.25) is 0 Å². The Labute approximate surface area is 128 Å². The van der Waals surface area contributed by atoms with Gasteiger partial charge >= 0.3 is 0 Å². The van der Waals surface area contributed by atoms with Gasteiger partial charge in [0.2, 0.25) is 0 Å². The summed E-state index contributed by atoms with van der Waals surface area (Å²) in [5, 5.41) is 0. The van der Waals surface area contributed by atoms with Gasteiger partial charge in [-0.05, 0) is 55.0 Å². The summed E-state index contributed by atoms with van der Waals surface area (Å²) < 4.78 is 11.0.